The van der Waals surface area contributed by atoms with Crippen molar-refractivity contribution in [1.29, 1.82) is 0 Å². The maximum absolute atomic E-state index is 14.6. The van der Waals surface area contributed by atoms with Crippen molar-refractivity contribution in [1.82, 2.24) is 4.98 Å². The van der Waals surface area contributed by atoms with Gasteiger partial charge in [0.2, 0.25) is 0 Å². The minimum absolute atomic E-state index is 0.0568. The van der Waals surface area contributed by atoms with E-state index in [9.17, 15) is 19.4 Å². The van der Waals surface area contributed by atoms with Gasteiger partial charge in [-0.15, -0.1) is 0 Å². The molecule has 1 aliphatic rings. The molecule has 1 aliphatic carbocycles. The number of nitrogens with one attached hydrogen (secondary N) is 1. The third kappa shape index (κ3) is 4.64. The van der Waals surface area contributed by atoms with Crippen molar-refractivity contribution in [2.24, 2.45) is 5.92 Å². The lowest BCUT2D eigenvalue weighted by atomic mass is 9.86. The standard InChI is InChI=1S/C24H22ClFN2O3/c25-18-8-4-9-19(26)23(18)15-12-20(17-7-1-2-10-21(17)29)28-22(13-15)27-16-6-3-5-14(11-16)24(30)31/h1-2,4,7-10,12-14,16,29H,3,5-6,11H2,(H,27,28)(H,30,31). The topological polar surface area (TPSA) is 82.5 Å². The second-order valence-electron chi connectivity index (χ2n) is 7.78. The van der Waals surface area contributed by atoms with Gasteiger partial charge in [0.25, 0.3) is 0 Å². The summed E-state index contributed by atoms with van der Waals surface area (Å²) in [4.78, 5) is 16.0. The minimum atomic E-state index is -0.791. The molecule has 7 heteroatoms. The van der Waals surface area contributed by atoms with Crippen LogP contribution in [0.1, 0.15) is 25.7 Å². The maximum Gasteiger partial charge on any atom is 0.306 e. The number of anilines is 1. The van der Waals surface area contributed by atoms with Crippen LogP contribution in [0.15, 0.2) is 54.6 Å². The molecule has 2 unspecified atom stereocenters. The lowest BCUT2D eigenvalue weighted by Crippen LogP contribution is -2.31. The van der Waals surface area contributed by atoms with E-state index >= 15 is 0 Å². The number of aliphatic carboxylic acids is 1. The molecule has 0 bridgehead atoms. The molecule has 1 saturated carbocycles. The van der Waals surface area contributed by atoms with Gasteiger partial charge in [-0.25, -0.2) is 9.37 Å². The van der Waals surface area contributed by atoms with Crippen molar-refractivity contribution < 1.29 is 19.4 Å². The molecule has 0 radical (unpaired) electrons. The van der Waals surface area contributed by atoms with Crippen molar-refractivity contribution >= 4 is 23.4 Å². The number of benzene rings is 2. The summed E-state index contributed by atoms with van der Waals surface area (Å²) in [6, 6.07) is 14.6. The van der Waals surface area contributed by atoms with E-state index in [0.717, 1.165) is 12.8 Å². The van der Waals surface area contributed by atoms with E-state index in [1.165, 1.54) is 6.07 Å². The number of carboxylic acid groups (broad SMARTS) is 1. The number of rotatable bonds is 5. The van der Waals surface area contributed by atoms with Crippen LogP contribution in [0.4, 0.5) is 10.2 Å². The number of pyridine rings is 1. The quantitative estimate of drug-likeness (QED) is 0.455. The predicted molar refractivity (Wildman–Crippen MR) is 119 cm³/mol. The predicted octanol–water partition coefficient (Wildman–Crippen LogP) is 5.97. The highest BCUT2D eigenvalue weighted by Gasteiger charge is 2.27. The van der Waals surface area contributed by atoms with Crippen LogP contribution in [0.5, 0.6) is 5.75 Å². The minimum Gasteiger partial charge on any atom is -0.507 e. The number of para-hydroxylation sites is 1. The Hall–Kier alpha value is -3.12. The molecule has 0 aliphatic heterocycles. The Bertz CT molecular complexity index is 1100. The van der Waals surface area contributed by atoms with Crippen LogP contribution in [0.2, 0.25) is 5.02 Å². The number of nitrogens with zero attached hydrogens (tertiary/aromatic N) is 1. The van der Waals surface area contributed by atoms with Gasteiger partial charge in [0, 0.05) is 17.2 Å². The number of phenols is 1. The van der Waals surface area contributed by atoms with E-state index in [-0.39, 0.29) is 22.4 Å². The number of aromatic nitrogens is 1. The van der Waals surface area contributed by atoms with Crippen LogP contribution in [0, 0.1) is 11.7 Å². The van der Waals surface area contributed by atoms with Gasteiger partial charge in [-0.05, 0) is 61.2 Å². The molecule has 0 spiro atoms. The number of hydrogen-bond donors (Lipinski definition) is 3. The number of aromatic hydroxyl groups is 1. The van der Waals surface area contributed by atoms with Crippen molar-refractivity contribution in [3.8, 4) is 28.1 Å². The molecule has 160 valence electrons. The Balaban J connectivity index is 1.77. The van der Waals surface area contributed by atoms with Crippen molar-refractivity contribution in [3.63, 3.8) is 0 Å². The average molecular weight is 441 g/mol. The fourth-order valence-corrected chi connectivity index (χ4v) is 4.38. The second kappa shape index (κ2) is 8.94. The summed E-state index contributed by atoms with van der Waals surface area (Å²) in [6.07, 6.45) is 2.78. The van der Waals surface area contributed by atoms with Crippen molar-refractivity contribution in [2.45, 2.75) is 31.7 Å². The van der Waals surface area contributed by atoms with Crippen LogP contribution >= 0.6 is 11.6 Å². The SMILES string of the molecule is O=C(O)C1CCCC(Nc2cc(-c3c(F)cccc3Cl)cc(-c3ccccc3O)n2)C1. The summed E-state index contributed by atoms with van der Waals surface area (Å²) in [5.41, 5.74) is 1.73. The van der Waals surface area contributed by atoms with E-state index in [0.29, 0.717) is 35.5 Å². The zero-order chi connectivity index (χ0) is 22.0. The van der Waals surface area contributed by atoms with Crippen LogP contribution in [-0.2, 0) is 4.79 Å². The summed E-state index contributed by atoms with van der Waals surface area (Å²) < 4.78 is 14.6. The van der Waals surface area contributed by atoms with Crippen LogP contribution in [0.25, 0.3) is 22.4 Å². The Morgan fingerprint density at radius 2 is 1.94 bits per heavy atom. The average Bonchev–Trinajstić information content (AvgIpc) is 2.74. The van der Waals surface area contributed by atoms with Gasteiger partial charge in [0.1, 0.15) is 17.4 Å². The monoisotopic (exact) mass is 440 g/mol. The van der Waals surface area contributed by atoms with Gasteiger partial charge in [0.15, 0.2) is 0 Å². The molecule has 31 heavy (non-hydrogen) atoms. The summed E-state index contributed by atoms with van der Waals surface area (Å²) in [6.45, 7) is 0. The molecular formula is C24H22ClFN2O3. The smallest absolute Gasteiger partial charge is 0.306 e. The molecule has 2 atom stereocenters. The molecule has 0 saturated heterocycles. The van der Waals surface area contributed by atoms with Gasteiger partial charge in [-0.2, -0.15) is 0 Å². The highest BCUT2D eigenvalue weighted by molar-refractivity contribution is 6.33. The molecule has 3 N–H and O–H groups in total. The molecular weight excluding hydrogens is 419 g/mol. The Morgan fingerprint density at radius 3 is 2.68 bits per heavy atom. The van der Waals surface area contributed by atoms with Crippen LogP contribution < -0.4 is 5.32 Å². The number of carboxylic acids is 1. The number of carbonyl (C=O) groups is 1. The third-order valence-corrected chi connectivity index (χ3v) is 5.95. The molecule has 1 fully saturated rings. The maximum atomic E-state index is 14.6. The Labute approximate surface area is 184 Å². The van der Waals surface area contributed by atoms with Gasteiger partial charge in [-0.3, -0.25) is 4.79 Å². The highest BCUT2D eigenvalue weighted by atomic mass is 35.5. The fraction of sp³-hybridized carbons (Fsp3) is 0.250. The highest BCUT2D eigenvalue weighted by Crippen LogP contribution is 2.37. The van der Waals surface area contributed by atoms with Gasteiger partial charge >= 0.3 is 5.97 Å². The first-order valence-corrected chi connectivity index (χ1v) is 10.5. The Kier molecular flexibility index (Phi) is 6.09. The van der Waals surface area contributed by atoms with Crippen molar-refractivity contribution in [2.75, 3.05) is 5.32 Å². The lowest BCUT2D eigenvalue weighted by Gasteiger charge is -2.28. The van der Waals surface area contributed by atoms with Crippen LogP contribution in [0.3, 0.4) is 0 Å². The third-order valence-electron chi connectivity index (χ3n) is 5.63. The summed E-state index contributed by atoms with van der Waals surface area (Å²) in [5, 5.41) is 23.3. The van der Waals surface area contributed by atoms with E-state index < -0.39 is 17.7 Å². The molecule has 1 heterocycles. The van der Waals surface area contributed by atoms with E-state index in [1.807, 2.05) is 0 Å². The van der Waals surface area contributed by atoms with Crippen molar-refractivity contribution in [3.05, 3.63) is 65.4 Å². The number of phenolic OH excluding ortho intramolecular Hbond substituents is 1. The van der Waals surface area contributed by atoms with Crippen LogP contribution in [-0.4, -0.2) is 27.2 Å². The van der Waals surface area contributed by atoms with E-state index in [4.69, 9.17) is 11.6 Å². The molecule has 0 amide bonds. The number of halogens is 2. The van der Waals surface area contributed by atoms with E-state index in [1.54, 1.807) is 48.5 Å². The molecule has 3 aromatic rings. The summed E-state index contributed by atoms with van der Waals surface area (Å²) in [7, 11) is 0. The molecule has 1 aromatic heterocycles. The van der Waals surface area contributed by atoms with Gasteiger partial charge < -0.3 is 15.5 Å². The zero-order valence-corrected chi connectivity index (χ0v) is 17.4. The fourth-order valence-electron chi connectivity index (χ4n) is 4.10. The normalized spacial score (nSPS) is 18.5. The zero-order valence-electron chi connectivity index (χ0n) is 16.7. The lowest BCUT2D eigenvalue weighted by molar-refractivity contribution is -0.142. The van der Waals surface area contributed by atoms with Gasteiger partial charge in [0.05, 0.1) is 16.6 Å². The Morgan fingerprint density at radius 1 is 1.13 bits per heavy atom. The molecule has 2 aromatic carbocycles. The first-order valence-electron chi connectivity index (χ1n) is 10.2. The van der Waals surface area contributed by atoms with E-state index in [2.05, 4.69) is 10.3 Å². The first-order chi connectivity index (χ1) is 14.9. The number of hydrogen-bond acceptors (Lipinski definition) is 4. The largest absolute Gasteiger partial charge is 0.507 e. The molecule has 4 rings (SSSR count). The van der Waals surface area contributed by atoms with Gasteiger partial charge in [-0.1, -0.05) is 36.2 Å². The molecule has 5 nitrogen and oxygen atoms in total. The second-order valence-corrected chi connectivity index (χ2v) is 8.19. The summed E-state index contributed by atoms with van der Waals surface area (Å²) >= 11 is 6.30. The first kappa shape index (κ1) is 21.1. The summed E-state index contributed by atoms with van der Waals surface area (Å²) in [5.74, 6) is -1.11.